The van der Waals surface area contributed by atoms with Crippen LogP contribution in [0.15, 0.2) is 24.3 Å². The molecular formula is C26H38FN3O3. The Morgan fingerprint density at radius 1 is 1.03 bits per heavy atom. The minimum Gasteiger partial charge on any atom is -0.488 e. The number of amides is 2. The van der Waals surface area contributed by atoms with E-state index in [9.17, 15) is 14.0 Å². The van der Waals surface area contributed by atoms with Gasteiger partial charge in [0, 0.05) is 45.1 Å². The molecule has 0 radical (unpaired) electrons. The van der Waals surface area contributed by atoms with Gasteiger partial charge < -0.3 is 14.5 Å². The average Bonchev–Trinajstić information content (AvgIpc) is 2.98. The molecule has 0 spiro atoms. The van der Waals surface area contributed by atoms with Gasteiger partial charge in [0.1, 0.15) is 23.7 Å². The number of hydrogen-bond acceptors (Lipinski definition) is 4. The Kier molecular flexibility index (Phi) is 7.27. The monoisotopic (exact) mass is 459 g/mol. The summed E-state index contributed by atoms with van der Waals surface area (Å²) in [7, 11) is 0. The van der Waals surface area contributed by atoms with E-state index in [1.54, 1.807) is 17.0 Å². The molecular weight excluding hydrogens is 421 g/mol. The van der Waals surface area contributed by atoms with E-state index in [-0.39, 0.29) is 29.2 Å². The molecule has 2 heterocycles. The van der Waals surface area contributed by atoms with E-state index in [1.165, 1.54) is 31.4 Å². The van der Waals surface area contributed by atoms with Gasteiger partial charge in [-0.05, 0) is 48.9 Å². The van der Waals surface area contributed by atoms with E-state index in [0.29, 0.717) is 31.2 Å². The summed E-state index contributed by atoms with van der Waals surface area (Å²) in [6.45, 7) is 9.90. The largest absolute Gasteiger partial charge is 0.488 e. The van der Waals surface area contributed by atoms with E-state index in [2.05, 4.69) is 4.90 Å². The molecule has 7 heteroatoms. The van der Waals surface area contributed by atoms with Crippen LogP contribution in [0.1, 0.15) is 59.3 Å². The predicted octanol–water partition coefficient (Wildman–Crippen LogP) is 3.70. The second kappa shape index (κ2) is 10.00. The molecule has 1 aromatic carbocycles. The third-order valence-corrected chi connectivity index (χ3v) is 7.10. The molecule has 2 atom stereocenters. The van der Waals surface area contributed by atoms with Crippen molar-refractivity contribution in [1.82, 2.24) is 14.7 Å². The highest BCUT2D eigenvalue weighted by atomic mass is 19.1. The molecule has 2 amide bonds. The molecule has 1 saturated carbocycles. The van der Waals surface area contributed by atoms with Crippen molar-refractivity contribution < 1.29 is 18.7 Å². The molecule has 1 aliphatic carbocycles. The number of rotatable bonds is 5. The number of halogens is 1. The Hall–Kier alpha value is -2.15. The van der Waals surface area contributed by atoms with E-state index in [0.717, 1.165) is 32.6 Å². The number of ether oxygens (including phenoxy) is 1. The molecule has 3 fully saturated rings. The van der Waals surface area contributed by atoms with Gasteiger partial charge in [0.15, 0.2) is 0 Å². The van der Waals surface area contributed by atoms with Crippen LogP contribution in [0.2, 0.25) is 0 Å². The molecule has 0 N–H and O–H groups in total. The van der Waals surface area contributed by atoms with Gasteiger partial charge in [-0.1, -0.05) is 27.2 Å². The lowest BCUT2D eigenvalue weighted by molar-refractivity contribution is -0.144. The molecule has 0 aromatic heterocycles. The van der Waals surface area contributed by atoms with Gasteiger partial charge in [0.25, 0.3) is 0 Å². The van der Waals surface area contributed by atoms with Crippen LogP contribution in [-0.4, -0.2) is 77.4 Å². The first-order chi connectivity index (χ1) is 15.7. The maximum Gasteiger partial charge on any atom is 0.245 e. The van der Waals surface area contributed by atoms with E-state index >= 15 is 0 Å². The Bertz CT molecular complexity index is 834. The van der Waals surface area contributed by atoms with E-state index < -0.39 is 6.04 Å². The van der Waals surface area contributed by atoms with Gasteiger partial charge in [0.2, 0.25) is 11.8 Å². The van der Waals surface area contributed by atoms with Gasteiger partial charge in [-0.15, -0.1) is 0 Å². The summed E-state index contributed by atoms with van der Waals surface area (Å²) in [5.41, 5.74) is -0.160. The first-order valence-electron chi connectivity index (χ1n) is 12.4. The topological polar surface area (TPSA) is 53.1 Å². The van der Waals surface area contributed by atoms with E-state index in [1.807, 2.05) is 25.7 Å². The smallest absolute Gasteiger partial charge is 0.245 e. The zero-order valence-corrected chi connectivity index (χ0v) is 20.3. The Labute approximate surface area is 197 Å². The molecule has 33 heavy (non-hydrogen) atoms. The van der Waals surface area contributed by atoms with Crippen molar-refractivity contribution in [1.29, 1.82) is 0 Å². The molecule has 182 valence electrons. The van der Waals surface area contributed by atoms with Gasteiger partial charge in [-0.3, -0.25) is 14.5 Å². The van der Waals surface area contributed by atoms with Crippen LogP contribution in [0.25, 0.3) is 0 Å². The summed E-state index contributed by atoms with van der Waals surface area (Å²) in [5, 5.41) is 0. The molecule has 4 rings (SSSR count). The van der Waals surface area contributed by atoms with Crippen LogP contribution in [0.5, 0.6) is 5.75 Å². The normalized spacial score (nSPS) is 25.0. The lowest BCUT2D eigenvalue weighted by Crippen LogP contribution is -2.49. The molecule has 6 nitrogen and oxygen atoms in total. The fourth-order valence-corrected chi connectivity index (χ4v) is 5.14. The fraction of sp³-hybridized carbons (Fsp3) is 0.692. The summed E-state index contributed by atoms with van der Waals surface area (Å²) in [6, 6.07) is 6.09. The van der Waals surface area contributed by atoms with Crippen molar-refractivity contribution in [3.63, 3.8) is 0 Å². The zero-order valence-electron chi connectivity index (χ0n) is 20.3. The van der Waals surface area contributed by atoms with Crippen molar-refractivity contribution in [2.75, 3.05) is 32.7 Å². The maximum absolute atomic E-state index is 13.6. The summed E-state index contributed by atoms with van der Waals surface area (Å²) in [4.78, 5) is 33.1. The molecule has 2 unspecified atom stereocenters. The second-order valence-electron chi connectivity index (χ2n) is 11.0. The first-order valence-corrected chi connectivity index (χ1v) is 12.4. The van der Waals surface area contributed by atoms with Crippen molar-refractivity contribution >= 4 is 11.8 Å². The molecule has 2 aliphatic heterocycles. The van der Waals surface area contributed by atoms with E-state index in [4.69, 9.17) is 4.74 Å². The summed E-state index contributed by atoms with van der Waals surface area (Å²) < 4.78 is 19.3. The molecule has 1 aromatic rings. The first kappa shape index (κ1) is 24.0. The zero-order chi connectivity index (χ0) is 23.6. The Balaban J connectivity index is 1.45. The van der Waals surface area contributed by atoms with Crippen LogP contribution in [-0.2, 0) is 9.59 Å². The van der Waals surface area contributed by atoms with Crippen LogP contribution in [0.3, 0.4) is 0 Å². The maximum atomic E-state index is 13.6. The Morgan fingerprint density at radius 3 is 2.39 bits per heavy atom. The minimum absolute atomic E-state index is 0.00280. The number of hydrogen-bond donors (Lipinski definition) is 0. The highest BCUT2D eigenvalue weighted by Gasteiger charge is 2.43. The number of nitrogens with zero attached hydrogens (tertiary/aromatic N) is 3. The third-order valence-electron chi connectivity index (χ3n) is 7.10. The highest BCUT2D eigenvalue weighted by Crippen LogP contribution is 2.30. The highest BCUT2D eigenvalue weighted by molar-refractivity contribution is 5.88. The molecule has 0 bridgehead atoms. The molecule has 3 aliphatic rings. The van der Waals surface area contributed by atoms with Gasteiger partial charge in [0.05, 0.1) is 6.54 Å². The van der Waals surface area contributed by atoms with Crippen LogP contribution < -0.4 is 4.74 Å². The molecule has 2 saturated heterocycles. The van der Waals surface area contributed by atoms with Crippen molar-refractivity contribution in [2.24, 2.45) is 5.41 Å². The summed E-state index contributed by atoms with van der Waals surface area (Å²) in [6.07, 6.45) is 5.39. The van der Waals surface area contributed by atoms with Crippen molar-refractivity contribution in [3.8, 4) is 5.75 Å². The lowest BCUT2D eigenvalue weighted by atomic mass is 9.91. The minimum atomic E-state index is -0.499. The van der Waals surface area contributed by atoms with Crippen molar-refractivity contribution in [2.45, 2.75) is 77.5 Å². The van der Waals surface area contributed by atoms with Crippen LogP contribution in [0, 0.1) is 11.2 Å². The quantitative estimate of drug-likeness (QED) is 0.674. The summed E-state index contributed by atoms with van der Waals surface area (Å²) >= 11 is 0. The SMILES string of the molecule is CC(C)(C)CC(=O)N1CC(Oc2ccc(F)cc2)CC1C(=O)N1CCCN(C2CCC2)CC1. The Morgan fingerprint density at radius 2 is 1.76 bits per heavy atom. The van der Waals surface area contributed by atoms with Gasteiger partial charge in [-0.2, -0.15) is 0 Å². The fourth-order valence-electron chi connectivity index (χ4n) is 5.14. The second-order valence-corrected chi connectivity index (χ2v) is 11.0. The summed E-state index contributed by atoms with van der Waals surface area (Å²) in [5.74, 6) is 0.277. The van der Waals surface area contributed by atoms with Gasteiger partial charge >= 0.3 is 0 Å². The average molecular weight is 460 g/mol. The van der Waals surface area contributed by atoms with Crippen LogP contribution in [0.4, 0.5) is 4.39 Å². The third kappa shape index (κ3) is 6.05. The lowest BCUT2D eigenvalue weighted by Gasteiger charge is -2.37. The number of likely N-dealkylation sites (tertiary alicyclic amines) is 1. The van der Waals surface area contributed by atoms with Crippen LogP contribution >= 0.6 is 0 Å². The number of benzene rings is 1. The number of carbonyl (C=O) groups excluding carboxylic acids is 2. The predicted molar refractivity (Wildman–Crippen MR) is 125 cm³/mol. The van der Waals surface area contributed by atoms with Crippen molar-refractivity contribution in [3.05, 3.63) is 30.1 Å². The number of carbonyl (C=O) groups is 2. The standard InChI is InChI=1S/C26H38FN3O3/c1-26(2,3)17-24(31)30-18-22(33-21-10-8-19(27)9-11-21)16-23(30)25(32)29-13-5-12-28(14-15-29)20-6-4-7-20/h8-11,20,22-23H,4-7,12-18H2,1-3H3. The van der Waals surface area contributed by atoms with Gasteiger partial charge in [-0.25, -0.2) is 4.39 Å².